The Hall–Kier alpha value is -0.240. The first-order valence-corrected chi connectivity index (χ1v) is 8.78. The summed E-state index contributed by atoms with van der Waals surface area (Å²) >= 11 is 1.51. The van der Waals surface area contributed by atoms with Gasteiger partial charge in [-0.1, -0.05) is 12.8 Å². The molecule has 3 aliphatic heterocycles. The number of nitrogens with zero attached hydrogens (tertiary/aromatic N) is 3. The molecule has 3 aliphatic rings. The molecule has 0 N–H and O–H groups in total. The molecule has 0 saturated carbocycles. The van der Waals surface area contributed by atoms with Crippen LogP contribution in [-0.4, -0.2) is 63.3 Å². The van der Waals surface area contributed by atoms with Gasteiger partial charge in [-0.05, 0) is 26.7 Å². The maximum atomic E-state index is 12.3. The van der Waals surface area contributed by atoms with Crippen molar-refractivity contribution in [2.45, 2.75) is 61.7 Å². The predicted octanol–water partition coefficient (Wildman–Crippen LogP) is -2.92. The van der Waals surface area contributed by atoms with Crippen molar-refractivity contribution in [2.24, 2.45) is 4.99 Å². The second kappa shape index (κ2) is 7.33. The van der Waals surface area contributed by atoms with Gasteiger partial charge in [0.2, 0.25) is 0 Å². The Morgan fingerprint density at radius 3 is 2.48 bits per heavy atom. The van der Waals surface area contributed by atoms with Gasteiger partial charge in [-0.3, -0.25) is 9.79 Å². The third-order valence-corrected chi connectivity index (χ3v) is 6.22. The topological polar surface area (TPSA) is 76.0 Å². The van der Waals surface area contributed by atoms with Crippen LogP contribution in [0.5, 0.6) is 0 Å². The Morgan fingerprint density at radius 2 is 1.91 bits per heavy atom. The number of amides is 1. The molecule has 8 heteroatoms. The van der Waals surface area contributed by atoms with E-state index in [2.05, 4.69) is 9.89 Å². The van der Waals surface area contributed by atoms with Crippen molar-refractivity contribution in [3.05, 3.63) is 0 Å². The molecule has 1 unspecified atom stereocenters. The summed E-state index contributed by atoms with van der Waals surface area (Å²) in [6.45, 7) is 5.66. The summed E-state index contributed by atoms with van der Waals surface area (Å²) in [4.78, 5) is 31.7. The average molecular weight is 347 g/mol. The van der Waals surface area contributed by atoms with Crippen LogP contribution in [0.3, 0.4) is 0 Å². The minimum Gasteiger partial charge on any atom is -0.548 e. The van der Waals surface area contributed by atoms with E-state index < -0.39 is 22.8 Å². The van der Waals surface area contributed by atoms with E-state index in [1.807, 2.05) is 13.8 Å². The Labute approximate surface area is 163 Å². The second-order valence-corrected chi connectivity index (χ2v) is 8.51. The van der Waals surface area contributed by atoms with Gasteiger partial charge in [0.05, 0.1) is 18.3 Å². The fourth-order valence-corrected chi connectivity index (χ4v) is 5.10. The third-order valence-electron chi connectivity index (χ3n) is 4.67. The number of carboxylic acid groups (broad SMARTS) is 1. The molecule has 0 aromatic rings. The molecule has 6 nitrogen and oxygen atoms in total. The number of carbonyl (C=O) groups excluding carboxylic acids is 2. The van der Waals surface area contributed by atoms with Gasteiger partial charge < -0.3 is 19.7 Å². The van der Waals surface area contributed by atoms with Crippen LogP contribution in [0.2, 0.25) is 0 Å². The van der Waals surface area contributed by atoms with E-state index in [1.165, 1.54) is 29.5 Å². The van der Waals surface area contributed by atoms with Crippen LogP contribution in [0, 0.1) is 0 Å². The van der Waals surface area contributed by atoms with Crippen LogP contribution in [0.15, 0.2) is 4.99 Å². The average Bonchev–Trinajstić information content (AvgIpc) is 2.60. The number of β-lactam (4-membered cyclic amide) rings is 1. The maximum Gasteiger partial charge on any atom is 1.00 e. The molecule has 0 aromatic heterocycles. The summed E-state index contributed by atoms with van der Waals surface area (Å²) in [6, 6.07) is -1.31. The molecule has 0 aliphatic carbocycles. The molecule has 122 valence electrons. The summed E-state index contributed by atoms with van der Waals surface area (Å²) in [5.74, 6) is -1.37. The monoisotopic (exact) mass is 347 g/mol. The molecule has 3 saturated heterocycles. The van der Waals surface area contributed by atoms with E-state index in [0.717, 1.165) is 25.9 Å². The summed E-state index contributed by atoms with van der Waals surface area (Å²) in [6.07, 6.45) is 6.62. The molecule has 3 fully saturated rings. The number of fused-ring (bicyclic) bond motifs is 1. The van der Waals surface area contributed by atoms with Crippen LogP contribution in [0.25, 0.3) is 0 Å². The summed E-state index contributed by atoms with van der Waals surface area (Å²) < 4.78 is -0.536. The van der Waals surface area contributed by atoms with Crippen LogP contribution in [0.4, 0.5) is 0 Å². The van der Waals surface area contributed by atoms with Crippen molar-refractivity contribution in [2.75, 3.05) is 13.1 Å². The number of aliphatic carboxylic acids is 1. The number of rotatable bonds is 3. The van der Waals surface area contributed by atoms with Gasteiger partial charge in [-0.15, -0.1) is 11.8 Å². The van der Waals surface area contributed by atoms with Gasteiger partial charge in [0.25, 0.3) is 5.91 Å². The van der Waals surface area contributed by atoms with Gasteiger partial charge in [-0.2, -0.15) is 0 Å². The Balaban J connectivity index is 0.00000192. The number of carboxylic acids is 1. The molecule has 0 radical (unpaired) electrons. The zero-order valence-electron chi connectivity index (χ0n) is 14.0. The first-order valence-electron chi connectivity index (χ1n) is 7.90. The number of carbonyl (C=O) groups is 2. The van der Waals surface area contributed by atoms with Gasteiger partial charge in [0, 0.05) is 17.8 Å². The third kappa shape index (κ3) is 3.57. The minimum atomic E-state index is -1.18. The smallest absolute Gasteiger partial charge is 0.548 e. The van der Waals surface area contributed by atoms with Crippen molar-refractivity contribution in [3.63, 3.8) is 0 Å². The summed E-state index contributed by atoms with van der Waals surface area (Å²) in [7, 11) is 0. The van der Waals surface area contributed by atoms with E-state index in [4.69, 9.17) is 0 Å². The van der Waals surface area contributed by atoms with Crippen molar-refractivity contribution in [1.29, 1.82) is 0 Å². The normalized spacial score (nSPS) is 33.0. The fraction of sp³-hybridized carbons (Fsp3) is 0.800. The van der Waals surface area contributed by atoms with Crippen LogP contribution >= 0.6 is 11.8 Å². The van der Waals surface area contributed by atoms with Crippen LogP contribution in [0.1, 0.15) is 39.5 Å². The first-order chi connectivity index (χ1) is 10.4. The van der Waals surface area contributed by atoms with Gasteiger partial charge in [-0.25, -0.2) is 0 Å². The number of thioether (sulfide) groups is 1. The molecule has 23 heavy (non-hydrogen) atoms. The minimum absolute atomic E-state index is 0. The van der Waals surface area contributed by atoms with Crippen molar-refractivity contribution >= 4 is 30.0 Å². The SMILES string of the molecule is CC1(C)S[C@@H]2C(/N=C/N3CCCCCC3)C(=O)N2[C@H]1C(=O)[O-].[Na+]. The van der Waals surface area contributed by atoms with Gasteiger partial charge >= 0.3 is 29.6 Å². The molecule has 0 spiro atoms. The molecule has 0 aromatic carbocycles. The van der Waals surface area contributed by atoms with E-state index in [1.54, 1.807) is 6.34 Å². The molecule has 3 rings (SSSR count). The van der Waals surface area contributed by atoms with E-state index in [9.17, 15) is 14.7 Å². The Bertz CT molecular complexity index is 506. The zero-order chi connectivity index (χ0) is 15.9. The number of hydrogen-bond donors (Lipinski definition) is 0. The van der Waals surface area contributed by atoms with E-state index >= 15 is 0 Å². The molecule has 0 bridgehead atoms. The number of hydrogen-bond acceptors (Lipinski definition) is 5. The van der Waals surface area contributed by atoms with E-state index in [0.29, 0.717) is 0 Å². The van der Waals surface area contributed by atoms with Gasteiger partial charge in [0.15, 0.2) is 6.04 Å². The molecule has 1 amide bonds. The Kier molecular flexibility index (Phi) is 6.09. The molecule has 3 atom stereocenters. The predicted molar refractivity (Wildman–Crippen MR) is 83.4 cm³/mol. The molecular weight excluding hydrogens is 325 g/mol. The second-order valence-electron chi connectivity index (χ2n) is 6.74. The van der Waals surface area contributed by atoms with Crippen LogP contribution in [-0.2, 0) is 9.59 Å². The molecular formula is C15H22N3NaO3S. The van der Waals surface area contributed by atoms with E-state index in [-0.39, 0.29) is 40.8 Å². The Morgan fingerprint density at radius 1 is 1.30 bits per heavy atom. The standard InChI is InChI=1S/C15H23N3O3S.Na/c1-15(2)11(14(20)21)18-12(19)10(13(18)22-15)16-9-17-7-5-3-4-6-8-17;/h9-11,13H,3-8H2,1-2H3,(H,20,21);/q;+1/p-1/b16-9+;/t10?,11-,13+;/m0./s1. The van der Waals surface area contributed by atoms with Crippen LogP contribution < -0.4 is 34.7 Å². The van der Waals surface area contributed by atoms with Crippen molar-refractivity contribution < 1.29 is 44.3 Å². The zero-order valence-corrected chi connectivity index (χ0v) is 16.8. The molecule has 3 heterocycles. The number of aliphatic imine (C=N–C) groups is 1. The quantitative estimate of drug-likeness (QED) is 0.237. The first kappa shape index (κ1) is 19.1. The summed E-state index contributed by atoms with van der Waals surface area (Å²) in [5.41, 5.74) is 0. The number of likely N-dealkylation sites (tertiary alicyclic amines) is 1. The van der Waals surface area contributed by atoms with Gasteiger partial charge in [0.1, 0.15) is 5.37 Å². The van der Waals surface area contributed by atoms with Crippen molar-refractivity contribution in [3.8, 4) is 0 Å². The summed E-state index contributed by atoms with van der Waals surface area (Å²) in [5, 5.41) is 11.2. The van der Waals surface area contributed by atoms with Crippen molar-refractivity contribution in [1.82, 2.24) is 9.80 Å². The largest absolute Gasteiger partial charge is 1.00 e. The fourth-order valence-electron chi connectivity index (χ4n) is 3.49. The maximum absolute atomic E-state index is 12.3.